The van der Waals surface area contributed by atoms with Gasteiger partial charge in [0.25, 0.3) is 0 Å². The largest absolute Gasteiger partial charge is 0.480 e. The summed E-state index contributed by atoms with van der Waals surface area (Å²) in [4.78, 5) is 11.3. The van der Waals surface area contributed by atoms with Crippen LogP contribution >= 0.6 is 11.8 Å². The molecule has 0 aliphatic carbocycles. The lowest BCUT2D eigenvalue weighted by molar-refractivity contribution is -0.135. The molecule has 1 rings (SSSR count). The number of benzene rings is 1. The van der Waals surface area contributed by atoms with Crippen molar-refractivity contribution in [2.75, 3.05) is 12.8 Å². The highest BCUT2D eigenvalue weighted by atomic mass is 32.2. The Balaban J connectivity index is 2.66. The number of aliphatic carboxylic acids is 1. The van der Waals surface area contributed by atoms with Crippen LogP contribution in [-0.4, -0.2) is 32.3 Å². The third-order valence-electron chi connectivity index (χ3n) is 1.96. The van der Waals surface area contributed by atoms with E-state index in [-0.39, 0.29) is 5.75 Å². The van der Waals surface area contributed by atoms with Crippen LogP contribution in [0.1, 0.15) is 5.56 Å². The molecule has 0 fully saturated rings. The average Bonchev–Trinajstić information content (AvgIpc) is 2.27. The van der Waals surface area contributed by atoms with Gasteiger partial charge in [0, 0.05) is 4.90 Å². The molecule has 0 aromatic heterocycles. The van der Waals surface area contributed by atoms with Crippen molar-refractivity contribution in [1.29, 1.82) is 0 Å². The predicted molar refractivity (Wildman–Crippen MR) is 66.5 cm³/mol. The summed E-state index contributed by atoms with van der Waals surface area (Å²) in [6.07, 6.45) is 1.93. The van der Waals surface area contributed by atoms with Gasteiger partial charge in [0.15, 0.2) is 0 Å². The van der Waals surface area contributed by atoms with Crippen LogP contribution < -0.4 is 4.72 Å². The van der Waals surface area contributed by atoms with Gasteiger partial charge in [0.05, 0.1) is 5.75 Å². The van der Waals surface area contributed by atoms with Crippen LogP contribution in [0.4, 0.5) is 0 Å². The van der Waals surface area contributed by atoms with E-state index in [4.69, 9.17) is 5.11 Å². The first kappa shape index (κ1) is 14.0. The van der Waals surface area contributed by atoms with Crippen LogP contribution in [0.25, 0.3) is 0 Å². The van der Waals surface area contributed by atoms with Gasteiger partial charge < -0.3 is 5.11 Å². The van der Waals surface area contributed by atoms with Gasteiger partial charge in [-0.1, -0.05) is 12.1 Å². The van der Waals surface area contributed by atoms with Crippen molar-refractivity contribution in [3.8, 4) is 0 Å². The number of hydrogen-bond donors (Lipinski definition) is 2. The Kier molecular flexibility index (Phi) is 4.98. The normalized spacial score (nSPS) is 11.4. The van der Waals surface area contributed by atoms with Gasteiger partial charge in [-0.25, -0.2) is 13.1 Å². The fourth-order valence-corrected chi connectivity index (χ4v) is 2.65. The molecule has 7 heteroatoms. The third-order valence-corrected chi connectivity index (χ3v) is 4.00. The molecule has 17 heavy (non-hydrogen) atoms. The summed E-state index contributed by atoms with van der Waals surface area (Å²) in [7, 11) is -3.59. The highest BCUT2D eigenvalue weighted by Crippen LogP contribution is 2.15. The Morgan fingerprint density at radius 1 is 1.35 bits per heavy atom. The Bertz CT molecular complexity index is 482. The summed E-state index contributed by atoms with van der Waals surface area (Å²) in [5, 5.41) is 8.38. The number of rotatable bonds is 6. The number of nitrogens with one attached hydrogen (secondary N) is 1. The quantitative estimate of drug-likeness (QED) is 0.754. The lowest BCUT2D eigenvalue weighted by Crippen LogP contribution is -2.30. The van der Waals surface area contributed by atoms with Gasteiger partial charge in [0.1, 0.15) is 6.54 Å². The fraction of sp³-hybridized carbons (Fsp3) is 0.300. The average molecular weight is 275 g/mol. The van der Waals surface area contributed by atoms with E-state index in [0.29, 0.717) is 5.56 Å². The number of sulfonamides is 1. The molecule has 0 aliphatic heterocycles. The van der Waals surface area contributed by atoms with Crippen LogP contribution in [0.5, 0.6) is 0 Å². The summed E-state index contributed by atoms with van der Waals surface area (Å²) in [6.45, 7) is -0.592. The van der Waals surface area contributed by atoms with E-state index in [1.54, 1.807) is 23.9 Å². The van der Waals surface area contributed by atoms with Gasteiger partial charge in [-0.2, -0.15) is 0 Å². The number of carbonyl (C=O) groups is 1. The lowest BCUT2D eigenvalue weighted by atomic mass is 10.2. The molecule has 94 valence electrons. The van der Waals surface area contributed by atoms with E-state index in [0.717, 1.165) is 4.90 Å². The summed E-state index contributed by atoms with van der Waals surface area (Å²) < 4.78 is 25.0. The van der Waals surface area contributed by atoms with E-state index in [9.17, 15) is 13.2 Å². The maximum Gasteiger partial charge on any atom is 0.318 e. The highest BCUT2D eigenvalue weighted by Gasteiger charge is 2.12. The van der Waals surface area contributed by atoms with E-state index >= 15 is 0 Å². The maximum absolute atomic E-state index is 11.5. The first-order valence-electron chi connectivity index (χ1n) is 4.75. The van der Waals surface area contributed by atoms with Crippen LogP contribution in [0.2, 0.25) is 0 Å². The van der Waals surface area contributed by atoms with Gasteiger partial charge >= 0.3 is 5.97 Å². The maximum atomic E-state index is 11.5. The number of hydrogen-bond acceptors (Lipinski definition) is 4. The van der Waals surface area contributed by atoms with Gasteiger partial charge in [-0.05, 0) is 24.0 Å². The Hall–Kier alpha value is -1.05. The van der Waals surface area contributed by atoms with E-state index < -0.39 is 22.5 Å². The van der Waals surface area contributed by atoms with E-state index in [1.807, 2.05) is 23.1 Å². The SMILES string of the molecule is CSc1ccc(CS(=O)(=O)NCC(=O)O)cc1. The molecule has 1 aromatic rings. The van der Waals surface area contributed by atoms with Crippen LogP contribution in [0.3, 0.4) is 0 Å². The standard InChI is InChI=1S/C10H13NO4S2/c1-16-9-4-2-8(3-5-9)7-17(14,15)11-6-10(12)13/h2-5,11H,6-7H2,1H3,(H,12,13). The van der Waals surface area contributed by atoms with Gasteiger partial charge in [0.2, 0.25) is 10.0 Å². The molecule has 0 atom stereocenters. The first-order chi connectivity index (χ1) is 7.93. The minimum atomic E-state index is -3.59. The van der Waals surface area contributed by atoms with Crippen molar-refractivity contribution in [1.82, 2.24) is 4.72 Å². The second-order valence-corrected chi connectivity index (χ2v) is 6.01. The summed E-state index contributed by atoms with van der Waals surface area (Å²) >= 11 is 1.57. The Morgan fingerprint density at radius 2 is 1.94 bits per heavy atom. The minimum Gasteiger partial charge on any atom is -0.480 e. The van der Waals surface area contributed by atoms with Crippen molar-refractivity contribution >= 4 is 27.8 Å². The van der Waals surface area contributed by atoms with Crippen LogP contribution in [0, 0.1) is 0 Å². The van der Waals surface area contributed by atoms with Crippen molar-refractivity contribution in [3.63, 3.8) is 0 Å². The molecule has 1 aromatic carbocycles. The van der Waals surface area contributed by atoms with Crippen LogP contribution in [0.15, 0.2) is 29.2 Å². The molecule has 2 N–H and O–H groups in total. The van der Waals surface area contributed by atoms with Gasteiger partial charge in [-0.15, -0.1) is 11.8 Å². The van der Waals surface area contributed by atoms with Crippen LogP contribution in [-0.2, 0) is 20.6 Å². The van der Waals surface area contributed by atoms with E-state index in [1.165, 1.54) is 0 Å². The first-order valence-corrected chi connectivity index (χ1v) is 7.63. The second-order valence-electron chi connectivity index (χ2n) is 3.32. The van der Waals surface area contributed by atoms with Gasteiger partial charge in [-0.3, -0.25) is 4.79 Å². The molecular formula is C10H13NO4S2. The minimum absolute atomic E-state index is 0.213. The molecule has 0 saturated heterocycles. The molecular weight excluding hydrogens is 262 g/mol. The summed E-state index contributed by atoms with van der Waals surface area (Å²) in [5.74, 6) is -1.42. The monoisotopic (exact) mass is 275 g/mol. The zero-order valence-corrected chi connectivity index (χ0v) is 10.8. The summed E-state index contributed by atoms with van der Waals surface area (Å²) in [5.41, 5.74) is 0.626. The topological polar surface area (TPSA) is 83.5 Å². The van der Waals surface area contributed by atoms with Crippen molar-refractivity contribution in [2.45, 2.75) is 10.6 Å². The molecule has 5 nitrogen and oxygen atoms in total. The number of carboxylic acids is 1. The van der Waals surface area contributed by atoms with Crippen molar-refractivity contribution in [3.05, 3.63) is 29.8 Å². The molecule has 0 aliphatic rings. The molecule has 0 amide bonds. The highest BCUT2D eigenvalue weighted by molar-refractivity contribution is 7.98. The zero-order chi connectivity index (χ0) is 12.9. The Labute approximate surface area is 104 Å². The van der Waals surface area contributed by atoms with Crippen molar-refractivity contribution in [2.24, 2.45) is 0 Å². The molecule has 0 unspecified atom stereocenters. The molecule has 0 spiro atoms. The zero-order valence-electron chi connectivity index (χ0n) is 9.21. The number of carboxylic acid groups (broad SMARTS) is 1. The smallest absolute Gasteiger partial charge is 0.318 e. The Morgan fingerprint density at radius 3 is 2.41 bits per heavy atom. The molecule has 0 radical (unpaired) electrons. The molecule has 0 saturated carbocycles. The predicted octanol–water partition coefficient (Wildman–Crippen LogP) is 0.912. The second kappa shape index (κ2) is 6.04. The fourth-order valence-electron chi connectivity index (χ4n) is 1.16. The molecule has 0 bridgehead atoms. The lowest BCUT2D eigenvalue weighted by Gasteiger charge is -2.05. The third kappa shape index (κ3) is 5.20. The molecule has 0 heterocycles. The van der Waals surface area contributed by atoms with Crippen molar-refractivity contribution < 1.29 is 18.3 Å². The van der Waals surface area contributed by atoms with E-state index in [2.05, 4.69) is 0 Å². The number of thioether (sulfide) groups is 1. The summed E-state index contributed by atoms with van der Waals surface area (Å²) in [6, 6.07) is 7.08.